The molecule has 1 amide bonds. The summed E-state index contributed by atoms with van der Waals surface area (Å²) in [5, 5.41) is 23.2. The third-order valence-electron chi connectivity index (χ3n) is 15.5. The van der Waals surface area contributed by atoms with Crippen molar-refractivity contribution in [2.24, 2.45) is 0 Å². The summed E-state index contributed by atoms with van der Waals surface area (Å²) in [6, 6.07) is -0.633. The number of nitrogens with one attached hydrogen (secondary N) is 1. The summed E-state index contributed by atoms with van der Waals surface area (Å²) >= 11 is 0. The molecule has 0 bridgehead atoms. The molecule has 0 aromatic heterocycles. The van der Waals surface area contributed by atoms with Gasteiger partial charge in [-0.05, 0) is 57.8 Å². The molecule has 0 aliphatic rings. The van der Waals surface area contributed by atoms with E-state index in [-0.39, 0.29) is 18.5 Å². The Morgan fingerprint density at radius 1 is 0.370 bits per heavy atom. The van der Waals surface area contributed by atoms with Gasteiger partial charge in [0.1, 0.15) is 0 Å². The lowest BCUT2D eigenvalue weighted by Gasteiger charge is -2.20. The first-order valence-corrected chi connectivity index (χ1v) is 33.1. The number of carbonyl (C=O) groups is 2. The third kappa shape index (κ3) is 59.4. The van der Waals surface area contributed by atoms with Crippen LogP contribution < -0.4 is 5.32 Å². The first-order valence-electron chi connectivity index (χ1n) is 33.1. The molecule has 6 nitrogen and oxygen atoms in total. The second-order valence-corrected chi connectivity index (χ2v) is 22.8. The average Bonchev–Trinajstić information content (AvgIpc) is 3.39. The van der Waals surface area contributed by atoms with Gasteiger partial charge in [0.2, 0.25) is 5.91 Å². The van der Waals surface area contributed by atoms with Gasteiger partial charge in [0, 0.05) is 12.8 Å². The van der Waals surface area contributed by atoms with E-state index < -0.39 is 12.1 Å². The van der Waals surface area contributed by atoms with Crippen molar-refractivity contribution < 1.29 is 24.5 Å². The predicted molar refractivity (Wildman–Crippen MR) is 320 cm³/mol. The summed E-state index contributed by atoms with van der Waals surface area (Å²) in [5.41, 5.74) is 0. The van der Waals surface area contributed by atoms with Crippen LogP contribution in [0.25, 0.3) is 0 Å². The van der Waals surface area contributed by atoms with Crippen LogP contribution in [0, 0.1) is 0 Å². The number of ether oxygens (including phenoxy) is 1. The zero-order valence-electron chi connectivity index (χ0n) is 49.4. The van der Waals surface area contributed by atoms with Crippen molar-refractivity contribution in [3.05, 3.63) is 24.3 Å². The van der Waals surface area contributed by atoms with Crippen LogP contribution in [0.4, 0.5) is 0 Å². The largest absolute Gasteiger partial charge is 0.466 e. The lowest BCUT2D eigenvalue weighted by Crippen LogP contribution is -2.45. The Morgan fingerprint density at radius 2 is 0.644 bits per heavy atom. The predicted octanol–water partition coefficient (Wildman–Crippen LogP) is 21.0. The number of carbonyl (C=O) groups excluding carboxylic acids is 2. The standard InChI is InChI=1S/C67H129NO5/c1-3-5-7-9-11-13-15-17-19-21-28-31-35-39-43-47-51-55-59-65(70)64(63-69)68-66(71)60-56-52-48-44-40-36-32-29-26-24-22-23-25-27-30-34-38-42-46-50-54-58-62-73-67(72)61-57-53-49-45-41-37-33-20-18-16-14-12-10-8-6-4-2/h24,26,55,59,64-65,69-70H,3-23,25,27-54,56-58,60-63H2,1-2H3,(H,68,71)/b26-24-,59-55+. The molecule has 0 aromatic rings. The van der Waals surface area contributed by atoms with E-state index in [4.69, 9.17) is 4.74 Å². The Balaban J connectivity index is 3.43. The zero-order chi connectivity index (χ0) is 52.9. The van der Waals surface area contributed by atoms with Gasteiger partial charge in [-0.25, -0.2) is 0 Å². The average molecular weight is 1030 g/mol. The Morgan fingerprint density at radius 3 is 0.973 bits per heavy atom. The summed E-state index contributed by atoms with van der Waals surface area (Å²) in [6.07, 6.45) is 78.0. The molecule has 0 fully saturated rings. The highest BCUT2D eigenvalue weighted by atomic mass is 16.5. The van der Waals surface area contributed by atoms with Gasteiger partial charge in [0.15, 0.2) is 0 Å². The molecule has 6 heteroatoms. The maximum atomic E-state index is 12.5. The minimum atomic E-state index is -0.849. The molecular weight excluding hydrogens is 899 g/mol. The van der Waals surface area contributed by atoms with Crippen LogP contribution in [-0.4, -0.2) is 47.4 Å². The van der Waals surface area contributed by atoms with E-state index in [2.05, 4.69) is 31.3 Å². The molecule has 0 aliphatic heterocycles. The van der Waals surface area contributed by atoms with Crippen molar-refractivity contribution in [2.45, 2.75) is 379 Å². The van der Waals surface area contributed by atoms with Crippen LogP contribution in [0.2, 0.25) is 0 Å². The lowest BCUT2D eigenvalue weighted by molar-refractivity contribution is -0.143. The van der Waals surface area contributed by atoms with Gasteiger partial charge in [-0.2, -0.15) is 0 Å². The number of rotatable bonds is 62. The Kier molecular flexibility index (Phi) is 61.4. The van der Waals surface area contributed by atoms with Crippen molar-refractivity contribution in [1.29, 1.82) is 0 Å². The molecule has 3 N–H and O–H groups in total. The number of aliphatic hydroxyl groups is 2. The van der Waals surface area contributed by atoms with E-state index in [1.807, 2.05) is 6.08 Å². The van der Waals surface area contributed by atoms with Gasteiger partial charge in [0.25, 0.3) is 0 Å². The number of hydrogen-bond donors (Lipinski definition) is 3. The van der Waals surface area contributed by atoms with Crippen molar-refractivity contribution in [2.75, 3.05) is 13.2 Å². The van der Waals surface area contributed by atoms with Crippen LogP contribution in [-0.2, 0) is 14.3 Å². The number of hydrogen-bond acceptors (Lipinski definition) is 5. The summed E-state index contributed by atoms with van der Waals surface area (Å²) in [6.45, 7) is 4.93. The van der Waals surface area contributed by atoms with Gasteiger partial charge in [-0.15, -0.1) is 0 Å². The van der Waals surface area contributed by atoms with Gasteiger partial charge in [-0.3, -0.25) is 9.59 Å². The summed E-state index contributed by atoms with van der Waals surface area (Å²) in [7, 11) is 0. The first kappa shape index (κ1) is 71.3. The van der Waals surface area contributed by atoms with E-state index in [1.165, 1.54) is 295 Å². The monoisotopic (exact) mass is 1030 g/mol. The smallest absolute Gasteiger partial charge is 0.305 e. The molecule has 0 aromatic carbocycles. The molecule has 0 aliphatic carbocycles. The first-order chi connectivity index (χ1) is 36.0. The fourth-order valence-corrected chi connectivity index (χ4v) is 10.4. The summed E-state index contributed by atoms with van der Waals surface area (Å²) < 4.78 is 5.50. The number of unbranched alkanes of at least 4 members (excludes halogenated alkanes) is 49. The molecule has 0 heterocycles. The molecule has 0 spiro atoms. The normalized spacial score (nSPS) is 12.7. The number of aliphatic hydroxyl groups excluding tert-OH is 2. The highest BCUT2D eigenvalue weighted by molar-refractivity contribution is 5.76. The Labute approximate surface area is 456 Å². The minimum absolute atomic E-state index is 0.0134. The van der Waals surface area contributed by atoms with Crippen molar-refractivity contribution in [1.82, 2.24) is 5.32 Å². The fraction of sp³-hybridized carbons (Fsp3) is 0.910. The van der Waals surface area contributed by atoms with Gasteiger partial charge < -0.3 is 20.3 Å². The third-order valence-corrected chi connectivity index (χ3v) is 15.5. The molecule has 73 heavy (non-hydrogen) atoms. The highest BCUT2D eigenvalue weighted by Crippen LogP contribution is 2.18. The molecule has 432 valence electrons. The highest BCUT2D eigenvalue weighted by Gasteiger charge is 2.18. The lowest BCUT2D eigenvalue weighted by atomic mass is 10.0. The van der Waals surface area contributed by atoms with E-state index in [0.717, 1.165) is 44.9 Å². The van der Waals surface area contributed by atoms with Crippen molar-refractivity contribution in [3.63, 3.8) is 0 Å². The number of esters is 1. The Bertz CT molecular complexity index is 1140. The number of allylic oxidation sites excluding steroid dienone is 3. The maximum Gasteiger partial charge on any atom is 0.305 e. The van der Waals surface area contributed by atoms with Crippen LogP contribution in [0.3, 0.4) is 0 Å². The van der Waals surface area contributed by atoms with Gasteiger partial charge >= 0.3 is 5.97 Å². The molecule has 0 saturated heterocycles. The van der Waals surface area contributed by atoms with Crippen LogP contribution in [0.1, 0.15) is 367 Å². The van der Waals surface area contributed by atoms with Crippen molar-refractivity contribution >= 4 is 11.9 Å². The molecule has 0 radical (unpaired) electrons. The molecule has 0 saturated carbocycles. The second kappa shape index (κ2) is 62.9. The van der Waals surface area contributed by atoms with E-state index in [1.54, 1.807) is 6.08 Å². The van der Waals surface area contributed by atoms with E-state index in [0.29, 0.717) is 19.4 Å². The topological polar surface area (TPSA) is 95.9 Å². The van der Waals surface area contributed by atoms with Crippen LogP contribution >= 0.6 is 0 Å². The molecule has 2 unspecified atom stereocenters. The molecular formula is C67H129NO5. The quantitative estimate of drug-likeness (QED) is 0.0320. The van der Waals surface area contributed by atoms with Gasteiger partial charge in [-0.1, -0.05) is 321 Å². The van der Waals surface area contributed by atoms with E-state index in [9.17, 15) is 19.8 Å². The SMILES string of the molecule is CCCCCCCCCCCCCCCCCC/C=C/C(O)C(CO)NC(=O)CCCCCCCCC/C=C\CCCCCCCCCCCCCOC(=O)CCCCCCCCCCCCCCCCCC. The van der Waals surface area contributed by atoms with Gasteiger partial charge in [0.05, 0.1) is 25.4 Å². The molecule has 2 atom stereocenters. The molecule has 0 rings (SSSR count). The number of amides is 1. The Hall–Kier alpha value is -1.66. The fourth-order valence-electron chi connectivity index (χ4n) is 10.4. The minimum Gasteiger partial charge on any atom is -0.466 e. The second-order valence-electron chi connectivity index (χ2n) is 22.8. The van der Waals surface area contributed by atoms with Crippen molar-refractivity contribution in [3.8, 4) is 0 Å². The van der Waals surface area contributed by atoms with Crippen LogP contribution in [0.15, 0.2) is 24.3 Å². The van der Waals surface area contributed by atoms with E-state index >= 15 is 0 Å². The maximum absolute atomic E-state index is 12.5. The van der Waals surface area contributed by atoms with Crippen LogP contribution in [0.5, 0.6) is 0 Å². The summed E-state index contributed by atoms with van der Waals surface area (Å²) in [5.74, 6) is -0.0586. The summed E-state index contributed by atoms with van der Waals surface area (Å²) in [4.78, 5) is 24.6. The zero-order valence-corrected chi connectivity index (χ0v) is 49.4.